The van der Waals surface area contributed by atoms with E-state index in [-0.39, 0.29) is 78.1 Å². The Morgan fingerprint density at radius 1 is 0.529 bits per heavy atom. The lowest BCUT2D eigenvalue weighted by molar-refractivity contribution is 0.0537. The summed E-state index contributed by atoms with van der Waals surface area (Å²) in [5.41, 5.74) is 20.9. The smallest absolute Gasteiger partial charge is 0.320 e. The summed E-state index contributed by atoms with van der Waals surface area (Å²) >= 11 is 0. The number of carbonyl (C=O) groups is 3. The highest BCUT2D eigenvalue weighted by Crippen LogP contribution is 2.38. The molecule has 5 heterocycles. The van der Waals surface area contributed by atoms with Gasteiger partial charge in [-0.3, -0.25) is 19.2 Å². The minimum Gasteiger partial charge on any atom is -0.460 e. The molecule has 1 aliphatic heterocycles. The minimum absolute atomic E-state index is 0. The van der Waals surface area contributed by atoms with Crippen molar-refractivity contribution in [1.82, 2.24) is 61.2 Å². The van der Waals surface area contributed by atoms with Crippen LogP contribution in [0.5, 0.6) is 6.01 Å². The van der Waals surface area contributed by atoms with Crippen molar-refractivity contribution < 1.29 is 36.7 Å². The average Bonchev–Trinajstić information content (AvgIpc) is 0.819. The Kier molecular flexibility index (Phi) is 33.8. The standard InChI is InChI=1S/C26H37N7O3.C22H30N6O2S.C21H28N6O.C20H29N5O.3H2/c1-17-8-9-18(24(34)31-35-7)14-21(17)28-22-20(15-27)23(33(6)16-26(2,3)4)30-25(29-22)36-19-10-12-32(5)13-11-19;1-14-9-10-16(15(2)24-6)11-18(14)25-19-17(12-23)20(28(7)13-22(3,4)5)27-21(26-19)31(8,29)30;1-13-8-9-15(20(28)23-6)10-17(13)26-18-16(11-22)19(25-14(2)24-18)27(7)12-21(3,4)5;1-13-7-8-14(19(26)22-5)11-15(13)24-18-17(21)16(9-10-23-18)25(6)12-20(2,3)4;;;/h8-9,14,19H,10-13,16H2,1-7H3,(H,31,34)(H,28,29,30);9-11,24H,2,13H2,1,3-8H3,(H,25,26,27);8-10H,12H2,1-7H3,(H,23,28)(H,24,25,26);7-11H,12,21H2,1-6H3,(H,22,26)(H,23,24);3*1H. The third kappa shape index (κ3) is 28.6. The van der Waals surface area contributed by atoms with Crippen LogP contribution in [0.2, 0.25) is 0 Å². The number of nitrogen functional groups attached to an aromatic ring is 1. The summed E-state index contributed by atoms with van der Waals surface area (Å²) in [6.45, 7) is 43.8. The van der Waals surface area contributed by atoms with Gasteiger partial charge in [-0.05, 0) is 153 Å². The van der Waals surface area contributed by atoms with Gasteiger partial charge >= 0.3 is 6.01 Å². The van der Waals surface area contributed by atoms with E-state index in [1.165, 1.54) is 7.11 Å². The van der Waals surface area contributed by atoms with E-state index in [2.05, 4.69) is 202 Å². The Morgan fingerprint density at radius 3 is 1.28 bits per heavy atom. The number of nitriles is 3. The van der Waals surface area contributed by atoms with Crippen molar-refractivity contribution in [1.29, 1.82) is 15.8 Å². The van der Waals surface area contributed by atoms with E-state index in [0.29, 0.717) is 92.9 Å². The van der Waals surface area contributed by atoms with Crippen LogP contribution < -0.4 is 72.8 Å². The lowest BCUT2D eigenvalue weighted by atomic mass is 9.96. The number of sulfone groups is 1. The van der Waals surface area contributed by atoms with Gasteiger partial charge in [0.1, 0.15) is 46.8 Å². The van der Waals surface area contributed by atoms with Gasteiger partial charge in [-0.2, -0.15) is 35.7 Å². The first-order chi connectivity index (χ1) is 56.4. The summed E-state index contributed by atoms with van der Waals surface area (Å²) < 4.78 is 30.8. The first-order valence-corrected chi connectivity index (χ1v) is 41.6. The maximum Gasteiger partial charge on any atom is 0.320 e. The van der Waals surface area contributed by atoms with Crippen molar-refractivity contribution in [3.05, 3.63) is 159 Å². The monoisotopic (exact) mass is 1680 g/mol. The van der Waals surface area contributed by atoms with Gasteiger partial charge in [-0.15, -0.1) is 0 Å². The fraction of sp³-hybridized carbons (Fsp3) is 0.449. The molecule has 9 rings (SSSR count). The number of nitrogens with two attached hydrogens (primary N) is 1. The zero-order valence-electron chi connectivity index (χ0n) is 75.6. The van der Waals surface area contributed by atoms with Gasteiger partial charge in [0.05, 0.1) is 18.5 Å². The van der Waals surface area contributed by atoms with Crippen molar-refractivity contribution in [3.63, 3.8) is 0 Å². The largest absolute Gasteiger partial charge is 0.460 e. The maximum atomic E-state index is 12.3. The number of hydrogen-bond acceptors (Lipinski definition) is 28. The molecule has 0 unspecified atom stereocenters. The highest BCUT2D eigenvalue weighted by molar-refractivity contribution is 7.90. The van der Waals surface area contributed by atoms with Crippen LogP contribution in [0.25, 0.3) is 5.70 Å². The quantitative estimate of drug-likeness (QED) is 0.0189. The van der Waals surface area contributed by atoms with E-state index in [1.807, 2.05) is 101 Å². The lowest BCUT2D eigenvalue weighted by Crippen LogP contribution is -2.36. The van der Waals surface area contributed by atoms with Gasteiger partial charge in [0.2, 0.25) is 9.84 Å². The molecule has 0 saturated carbocycles. The van der Waals surface area contributed by atoms with Gasteiger partial charge < -0.3 is 72.2 Å². The van der Waals surface area contributed by atoms with Crippen molar-refractivity contribution in [2.24, 2.45) is 21.7 Å². The molecule has 0 bridgehead atoms. The number of nitrogens with one attached hydrogen (secondary N) is 8. The fourth-order valence-corrected chi connectivity index (χ4v) is 13.6. The number of aryl methyl sites for hydroxylation is 5. The minimum atomic E-state index is -3.70. The van der Waals surface area contributed by atoms with E-state index < -0.39 is 9.84 Å². The first kappa shape index (κ1) is 97.4. The summed E-state index contributed by atoms with van der Waals surface area (Å²) in [4.78, 5) is 82.0. The normalized spacial score (nSPS) is 12.3. The van der Waals surface area contributed by atoms with Crippen LogP contribution >= 0.6 is 0 Å². The number of nitrogens with zero attached hydrogens (tertiary/aromatic N) is 15. The zero-order valence-corrected chi connectivity index (χ0v) is 76.4. The summed E-state index contributed by atoms with van der Waals surface area (Å²) in [6, 6.07) is 30.6. The molecule has 1 fully saturated rings. The lowest BCUT2D eigenvalue weighted by Gasteiger charge is -2.30. The number of carbonyl (C=O) groups excluding carboxylic acids is 3. The van der Waals surface area contributed by atoms with Crippen molar-refractivity contribution in [2.75, 3.05) is 156 Å². The summed E-state index contributed by atoms with van der Waals surface area (Å²) in [6.07, 6.45) is 4.56. The predicted molar refractivity (Wildman–Crippen MR) is 492 cm³/mol. The number of likely N-dealkylation sites (tertiary alicyclic amines) is 1. The molecule has 1 saturated heterocycles. The molecule has 0 radical (unpaired) electrons. The Morgan fingerprint density at radius 2 is 0.893 bits per heavy atom. The molecule has 32 heteroatoms. The van der Waals surface area contributed by atoms with E-state index in [0.717, 1.165) is 95.9 Å². The molecule has 1 aliphatic rings. The summed E-state index contributed by atoms with van der Waals surface area (Å²) in [7, 11) is 12.4. The number of pyridine rings is 1. The highest BCUT2D eigenvalue weighted by atomic mass is 32.2. The van der Waals surface area contributed by atoms with Crippen LogP contribution in [0.4, 0.5) is 74.8 Å². The molecule has 0 aliphatic carbocycles. The number of amides is 3. The molecule has 4 aromatic carbocycles. The van der Waals surface area contributed by atoms with Gasteiger partial charge in [0, 0.05) is 150 Å². The fourth-order valence-electron chi connectivity index (χ4n) is 13.1. The maximum absolute atomic E-state index is 12.3. The predicted octanol–water partition coefficient (Wildman–Crippen LogP) is 15.0. The van der Waals surface area contributed by atoms with Crippen molar-refractivity contribution in [3.8, 4) is 24.2 Å². The van der Waals surface area contributed by atoms with Crippen LogP contribution in [-0.4, -0.2) is 181 Å². The number of piperidine rings is 1. The van der Waals surface area contributed by atoms with Gasteiger partial charge in [0.15, 0.2) is 40.7 Å². The molecular weight excluding hydrogens is 1550 g/mol. The second kappa shape index (κ2) is 42.0. The summed E-state index contributed by atoms with van der Waals surface area (Å²) in [5.74, 6) is 2.74. The molecule has 8 aromatic rings. The van der Waals surface area contributed by atoms with Crippen LogP contribution in [0, 0.1) is 90.3 Å². The molecule has 654 valence electrons. The number of aromatic nitrogens is 7. The number of ether oxygens (including phenoxy) is 1. The van der Waals surface area contributed by atoms with Crippen LogP contribution in [0.3, 0.4) is 0 Å². The Bertz CT molecular complexity index is 5290. The van der Waals surface area contributed by atoms with Gasteiger partial charge in [-0.25, -0.2) is 28.8 Å². The SMILES string of the molecule is C=C(NC)c1ccc(C)c(Nc2nc(S(C)(=O)=O)nc(N(C)CC(C)(C)C)c2C#N)c1.CNC(=O)c1ccc(C)c(Nc2nc(C)nc(N(C)CC(C)(C)C)c2C#N)c1.CNC(=O)c1ccc(C)c(Nc2nccc(N(C)CC(C)(C)C)c2N)c1.CONC(=O)c1ccc(C)c(Nc2nc(OC3CCN(C)CC3)nc(N(C)CC(C)(C)C)c2C#N)c1.[HH].[HH].[HH]. The molecule has 3 amide bonds. The Labute approximate surface area is 720 Å². The van der Waals surface area contributed by atoms with Crippen LogP contribution in [-0.2, 0) is 14.7 Å². The molecule has 121 heavy (non-hydrogen) atoms. The van der Waals surface area contributed by atoms with Crippen molar-refractivity contribution >= 4 is 108 Å². The third-order valence-electron chi connectivity index (χ3n) is 18.7. The number of anilines is 13. The Hall–Kier alpha value is -12.4. The molecule has 31 nitrogen and oxygen atoms in total. The van der Waals surface area contributed by atoms with Gasteiger partial charge in [-0.1, -0.05) is 120 Å². The number of hydrogen-bond donors (Lipinski definition) is 9. The third-order valence-corrected chi connectivity index (χ3v) is 19.5. The van der Waals surface area contributed by atoms with E-state index in [1.54, 1.807) is 82.6 Å². The molecule has 10 N–H and O–H groups in total. The van der Waals surface area contributed by atoms with E-state index in [4.69, 9.17) is 15.3 Å². The molecule has 0 spiro atoms. The second-order valence-corrected chi connectivity index (χ2v) is 37.0. The summed E-state index contributed by atoms with van der Waals surface area (Å²) in [5, 5.41) is 50.7. The Balaban J connectivity index is 0.000000426. The number of rotatable bonds is 25. The molecule has 4 aromatic heterocycles. The molecular formula is C89H130N24O7S. The number of hydroxylamine groups is 1. The zero-order chi connectivity index (χ0) is 90.6. The van der Waals surface area contributed by atoms with Crippen LogP contribution in [0.1, 0.15) is 182 Å². The van der Waals surface area contributed by atoms with Gasteiger partial charge in [0.25, 0.3) is 22.9 Å². The average molecular weight is 1680 g/mol. The van der Waals surface area contributed by atoms with Crippen LogP contribution in [0.15, 0.2) is 96.8 Å². The highest BCUT2D eigenvalue weighted by Gasteiger charge is 2.30. The topological polar surface area (TPSA) is 404 Å². The first-order valence-electron chi connectivity index (χ1n) is 39.7. The van der Waals surface area contributed by atoms with E-state index in [9.17, 15) is 38.6 Å². The number of benzene rings is 4. The second-order valence-electron chi connectivity index (χ2n) is 35.1. The van der Waals surface area contributed by atoms with Crippen molar-refractivity contribution in [2.45, 2.75) is 142 Å². The van der Waals surface area contributed by atoms with E-state index >= 15 is 0 Å². The molecule has 0 atom stereocenters.